The normalized spacial score (nSPS) is 15.2. The van der Waals surface area contributed by atoms with Gasteiger partial charge in [0, 0.05) is 41.8 Å². The number of carboxylic acids is 1. The fourth-order valence-corrected chi connectivity index (χ4v) is 3.77. The predicted molar refractivity (Wildman–Crippen MR) is 134 cm³/mol. The summed E-state index contributed by atoms with van der Waals surface area (Å²) in [6, 6.07) is 1.84. The van der Waals surface area contributed by atoms with Gasteiger partial charge >= 0.3 is 5.97 Å². The van der Waals surface area contributed by atoms with Gasteiger partial charge in [-0.3, -0.25) is 14.4 Å². The Morgan fingerprint density at radius 2 is 1.63 bits per heavy atom. The monoisotopic (exact) mass is 529 g/mol. The number of carbonyl (C=O) groups excluding carboxylic acids is 3. The molecule has 3 amide bonds. The zero-order valence-corrected chi connectivity index (χ0v) is 20.5. The number of H-pyrrole nitrogens is 2. The van der Waals surface area contributed by atoms with Crippen molar-refractivity contribution in [2.24, 2.45) is 5.73 Å². The van der Waals surface area contributed by atoms with E-state index in [1.165, 1.54) is 19.4 Å². The smallest absolute Gasteiger partial charge is 0.326 e. The quantitative estimate of drug-likeness (QED) is 0.118. The van der Waals surface area contributed by atoms with Crippen molar-refractivity contribution >= 4 is 34.6 Å². The van der Waals surface area contributed by atoms with Crippen LogP contribution in [-0.4, -0.2) is 90.8 Å². The lowest BCUT2D eigenvalue weighted by Crippen LogP contribution is -2.59. The molecule has 38 heavy (non-hydrogen) atoms. The summed E-state index contributed by atoms with van der Waals surface area (Å²) in [6.45, 7) is 0.477. The minimum absolute atomic E-state index is 0.0487. The van der Waals surface area contributed by atoms with Gasteiger partial charge < -0.3 is 47.0 Å². The first-order valence-corrected chi connectivity index (χ1v) is 11.8. The highest BCUT2D eigenvalue weighted by molar-refractivity contribution is 5.94. The molecule has 2 heterocycles. The van der Waals surface area contributed by atoms with E-state index in [4.69, 9.17) is 5.73 Å². The summed E-state index contributed by atoms with van der Waals surface area (Å²) in [5.74, 6) is -3.89. The minimum Gasteiger partial charge on any atom is -0.480 e. The zero-order chi connectivity index (χ0) is 27.8. The highest BCUT2D eigenvalue weighted by Gasteiger charge is 2.31. The molecule has 204 valence electrons. The van der Waals surface area contributed by atoms with Crippen LogP contribution in [0.1, 0.15) is 18.2 Å². The number of carboxylic acid groups (broad SMARTS) is 1. The second kappa shape index (κ2) is 12.8. The molecule has 10 N–H and O–H groups in total. The molecule has 14 heteroatoms. The molecular weight excluding hydrogens is 498 g/mol. The van der Waals surface area contributed by atoms with E-state index in [9.17, 15) is 34.5 Å². The van der Waals surface area contributed by atoms with Crippen LogP contribution >= 0.6 is 0 Å². The van der Waals surface area contributed by atoms with Crippen LogP contribution in [0, 0.1) is 0 Å². The van der Waals surface area contributed by atoms with Crippen molar-refractivity contribution in [2.75, 3.05) is 6.61 Å². The maximum atomic E-state index is 13.0. The number of nitrogens with zero attached hydrogens (tertiary/aromatic N) is 1. The second-order valence-corrected chi connectivity index (χ2v) is 8.82. The molecule has 5 atom stereocenters. The van der Waals surface area contributed by atoms with Crippen LogP contribution in [0.3, 0.4) is 0 Å². The van der Waals surface area contributed by atoms with E-state index in [0.29, 0.717) is 11.3 Å². The van der Waals surface area contributed by atoms with Crippen molar-refractivity contribution in [2.45, 2.75) is 50.0 Å². The van der Waals surface area contributed by atoms with Gasteiger partial charge in [-0.05, 0) is 18.6 Å². The van der Waals surface area contributed by atoms with Crippen LogP contribution < -0.4 is 21.7 Å². The van der Waals surface area contributed by atoms with Gasteiger partial charge in [0.15, 0.2) is 0 Å². The predicted octanol–water partition coefficient (Wildman–Crippen LogP) is -2.08. The van der Waals surface area contributed by atoms with Crippen molar-refractivity contribution in [1.82, 2.24) is 30.9 Å². The molecule has 5 unspecified atom stereocenters. The third kappa shape index (κ3) is 7.15. The molecule has 0 fully saturated rings. The van der Waals surface area contributed by atoms with E-state index in [2.05, 4.69) is 30.9 Å². The maximum Gasteiger partial charge on any atom is 0.326 e. The number of imidazole rings is 1. The number of nitrogens with one attached hydrogen (secondary N) is 5. The number of nitrogens with two attached hydrogens (primary N) is 1. The van der Waals surface area contributed by atoms with Crippen molar-refractivity contribution in [3.63, 3.8) is 0 Å². The number of benzene rings is 1. The summed E-state index contributed by atoms with van der Waals surface area (Å²) >= 11 is 0. The molecule has 3 aromatic rings. The minimum atomic E-state index is -1.51. The molecule has 2 aromatic heterocycles. The summed E-state index contributed by atoms with van der Waals surface area (Å²) in [5.41, 5.74) is 7.60. The molecule has 0 aliphatic carbocycles. The highest BCUT2D eigenvalue weighted by Crippen LogP contribution is 2.19. The highest BCUT2D eigenvalue weighted by atomic mass is 16.4. The van der Waals surface area contributed by atoms with Crippen LogP contribution in [0.25, 0.3) is 10.9 Å². The molecule has 1 aromatic carbocycles. The zero-order valence-electron chi connectivity index (χ0n) is 20.5. The molecule has 0 aliphatic heterocycles. The number of hydrogen-bond donors (Lipinski definition) is 9. The van der Waals surface area contributed by atoms with Crippen molar-refractivity contribution in [3.8, 4) is 0 Å². The van der Waals surface area contributed by atoms with Crippen LogP contribution in [0.2, 0.25) is 0 Å². The standard InChI is InChI=1S/C24H31N7O7/c1-12(33)20(25)23(36)29-17(7-14-9-26-11-28-14)21(34)31-19(10-32)22(35)30-18(24(37)38)6-13-8-27-16-5-3-2-4-15(13)16/h2-5,8-9,11-12,17-20,27,32-33H,6-7,10,25H2,1H3,(H,26,28)(H,29,36)(H,30,35)(H,31,34)(H,37,38). The summed E-state index contributed by atoms with van der Waals surface area (Å²) in [6.07, 6.45) is 3.15. The van der Waals surface area contributed by atoms with Gasteiger partial charge in [0.2, 0.25) is 17.7 Å². The average molecular weight is 530 g/mol. The van der Waals surface area contributed by atoms with E-state index in [0.717, 1.165) is 10.9 Å². The molecular formula is C24H31N7O7. The summed E-state index contributed by atoms with van der Waals surface area (Å²) < 4.78 is 0. The molecule has 14 nitrogen and oxygen atoms in total. The largest absolute Gasteiger partial charge is 0.480 e. The summed E-state index contributed by atoms with van der Waals surface area (Å²) in [5, 5.41) is 37.0. The molecule has 0 spiro atoms. The van der Waals surface area contributed by atoms with E-state index in [1.54, 1.807) is 12.3 Å². The number of fused-ring (bicyclic) bond motifs is 1. The lowest BCUT2D eigenvalue weighted by atomic mass is 10.0. The van der Waals surface area contributed by atoms with Gasteiger partial charge in [-0.2, -0.15) is 0 Å². The van der Waals surface area contributed by atoms with Crippen LogP contribution in [0.15, 0.2) is 43.0 Å². The molecule has 0 saturated heterocycles. The second-order valence-electron chi connectivity index (χ2n) is 8.82. The average Bonchev–Trinajstić information content (AvgIpc) is 3.55. The van der Waals surface area contributed by atoms with E-state index in [1.807, 2.05) is 18.2 Å². The van der Waals surface area contributed by atoms with Gasteiger partial charge in [0.25, 0.3) is 0 Å². The van der Waals surface area contributed by atoms with Gasteiger partial charge in [-0.15, -0.1) is 0 Å². The Balaban J connectivity index is 1.70. The van der Waals surface area contributed by atoms with E-state index in [-0.39, 0.29) is 12.8 Å². The Kier molecular flexibility index (Phi) is 9.54. The maximum absolute atomic E-state index is 13.0. The number of aliphatic hydroxyl groups is 2. The van der Waals surface area contributed by atoms with E-state index < -0.39 is 60.6 Å². The van der Waals surface area contributed by atoms with Crippen molar-refractivity contribution in [1.29, 1.82) is 0 Å². The Bertz CT molecular complexity index is 1260. The number of aliphatic hydroxyl groups excluding tert-OH is 2. The van der Waals surface area contributed by atoms with Gasteiger partial charge in [0.05, 0.1) is 19.0 Å². The third-order valence-electron chi connectivity index (χ3n) is 5.96. The first-order valence-electron chi connectivity index (χ1n) is 11.8. The van der Waals surface area contributed by atoms with Crippen LogP contribution in [0.5, 0.6) is 0 Å². The Morgan fingerprint density at radius 1 is 0.974 bits per heavy atom. The summed E-state index contributed by atoms with van der Waals surface area (Å²) in [4.78, 5) is 59.8. The lowest BCUT2D eigenvalue weighted by Gasteiger charge is -2.24. The summed E-state index contributed by atoms with van der Waals surface area (Å²) in [7, 11) is 0. The van der Waals surface area contributed by atoms with Gasteiger partial charge in [0.1, 0.15) is 24.2 Å². The molecule has 3 rings (SSSR count). The fourth-order valence-electron chi connectivity index (χ4n) is 3.77. The molecule has 0 saturated carbocycles. The van der Waals surface area contributed by atoms with Gasteiger partial charge in [-0.1, -0.05) is 18.2 Å². The molecule has 0 aliphatic rings. The first-order chi connectivity index (χ1) is 18.1. The lowest BCUT2D eigenvalue weighted by molar-refractivity contribution is -0.142. The number of aromatic nitrogens is 3. The number of aromatic amines is 2. The number of rotatable bonds is 13. The Hall–Kier alpha value is -4.27. The SMILES string of the molecule is CC(O)C(N)C(=O)NC(Cc1cnc[nH]1)C(=O)NC(CO)C(=O)NC(Cc1c[nH]c2ccccc12)C(=O)O. The number of hydrogen-bond acceptors (Lipinski definition) is 8. The van der Waals surface area contributed by atoms with Crippen LogP contribution in [-0.2, 0) is 32.0 Å². The fraction of sp³-hybridized carbons (Fsp3) is 0.375. The number of carbonyl (C=O) groups is 4. The molecule has 0 bridgehead atoms. The molecule has 0 radical (unpaired) electrons. The Labute approximate surface area is 217 Å². The van der Waals surface area contributed by atoms with Crippen molar-refractivity contribution in [3.05, 3.63) is 54.2 Å². The van der Waals surface area contributed by atoms with Gasteiger partial charge in [-0.25, -0.2) is 9.78 Å². The van der Waals surface area contributed by atoms with Crippen LogP contribution in [0.4, 0.5) is 0 Å². The topological polar surface area (TPSA) is 236 Å². The van der Waals surface area contributed by atoms with Crippen molar-refractivity contribution < 1.29 is 34.5 Å². The number of aliphatic carboxylic acids is 1. The first kappa shape index (κ1) is 28.3. The number of amides is 3. The number of para-hydroxylation sites is 1. The Morgan fingerprint density at radius 3 is 2.26 bits per heavy atom. The third-order valence-corrected chi connectivity index (χ3v) is 5.96. The van der Waals surface area contributed by atoms with E-state index >= 15 is 0 Å².